The summed E-state index contributed by atoms with van der Waals surface area (Å²) in [6.45, 7) is 0. The summed E-state index contributed by atoms with van der Waals surface area (Å²) in [5.74, 6) is 0.0255. The lowest BCUT2D eigenvalue weighted by atomic mass is 10.2. The number of hydrogen-bond acceptors (Lipinski definition) is 2. The van der Waals surface area contributed by atoms with E-state index in [0.29, 0.717) is 11.3 Å². The van der Waals surface area contributed by atoms with E-state index in [-0.39, 0.29) is 10.7 Å². The molecule has 3 nitrogen and oxygen atoms in total. The summed E-state index contributed by atoms with van der Waals surface area (Å²) in [5, 5.41) is 2.35. The number of anilines is 1. The molecule has 0 radical (unpaired) electrons. The number of amides is 1. The van der Waals surface area contributed by atoms with Gasteiger partial charge in [0.15, 0.2) is 0 Å². The van der Waals surface area contributed by atoms with Crippen LogP contribution in [0.15, 0.2) is 48.5 Å². The maximum atomic E-state index is 12.7. The average Bonchev–Trinajstić information content (AvgIpc) is 2.54. The van der Waals surface area contributed by atoms with Crippen molar-refractivity contribution in [2.75, 3.05) is 12.4 Å². The number of halogens is 4. The number of benzene rings is 2. The van der Waals surface area contributed by atoms with Gasteiger partial charge in [0.1, 0.15) is 5.75 Å². The van der Waals surface area contributed by atoms with Crippen LogP contribution in [0.2, 0.25) is 5.02 Å². The number of carbonyl (C=O) groups is 1. The lowest BCUT2D eigenvalue weighted by molar-refractivity contribution is -0.137. The second kappa shape index (κ2) is 7.40. The van der Waals surface area contributed by atoms with Gasteiger partial charge in [0, 0.05) is 6.08 Å². The van der Waals surface area contributed by atoms with E-state index >= 15 is 0 Å². The van der Waals surface area contributed by atoms with Gasteiger partial charge in [-0.25, -0.2) is 0 Å². The summed E-state index contributed by atoms with van der Waals surface area (Å²) >= 11 is 5.82. The standard InChI is InChI=1S/C17H13ClF3NO2/c1-24-13-4-2-3-11(9-13)5-8-16(23)22-15-10-12(17(19,20)21)6-7-14(15)18/h2-10H,1H3,(H,22,23)/b8-5+. The van der Waals surface area contributed by atoms with Crippen LogP contribution in [0.5, 0.6) is 5.75 Å². The van der Waals surface area contributed by atoms with Gasteiger partial charge < -0.3 is 10.1 Å². The molecule has 0 aliphatic rings. The van der Waals surface area contributed by atoms with Crippen molar-refractivity contribution >= 4 is 29.3 Å². The van der Waals surface area contributed by atoms with Crippen LogP contribution in [0.25, 0.3) is 6.08 Å². The molecular weight excluding hydrogens is 343 g/mol. The SMILES string of the molecule is COc1cccc(/C=C/C(=O)Nc2cc(C(F)(F)F)ccc2Cl)c1. The minimum Gasteiger partial charge on any atom is -0.497 e. The number of carbonyl (C=O) groups excluding carboxylic acids is 1. The molecule has 24 heavy (non-hydrogen) atoms. The highest BCUT2D eigenvalue weighted by molar-refractivity contribution is 6.33. The molecule has 0 aliphatic heterocycles. The fourth-order valence-corrected chi connectivity index (χ4v) is 2.05. The maximum absolute atomic E-state index is 12.7. The van der Waals surface area contributed by atoms with Gasteiger partial charge in [0.05, 0.1) is 23.4 Å². The highest BCUT2D eigenvalue weighted by Gasteiger charge is 2.31. The monoisotopic (exact) mass is 355 g/mol. The van der Waals surface area contributed by atoms with E-state index in [1.54, 1.807) is 24.3 Å². The van der Waals surface area contributed by atoms with E-state index in [2.05, 4.69) is 5.32 Å². The molecule has 7 heteroatoms. The summed E-state index contributed by atoms with van der Waals surface area (Å²) in [6, 6.07) is 9.69. The van der Waals surface area contributed by atoms with Gasteiger partial charge in [0.2, 0.25) is 5.91 Å². The van der Waals surface area contributed by atoms with Crippen LogP contribution < -0.4 is 10.1 Å². The lowest BCUT2D eigenvalue weighted by Crippen LogP contribution is -2.11. The van der Waals surface area contributed by atoms with Crippen molar-refractivity contribution in [2.45, 2.75) is 6.18 Å². The molecule has 1 N–H and O–H groups in total. The third kappa shape index (κ3) is 4.76. The van der Waals surface area contributed by atoms with Crippen molar-refractivity contribution in [2.24, 2.45) is 0 Å². The first kappa shape index (κ1) is 17.9. The van der Waals surface area contributed by atoms with Crippen molar-refractivity contribution in [1.82, 2.24) is 0 Å². The van der Waals surface area contributed by atoms with Crippen LogP contribution in [-0.2, 0) is 11.0 Å². The molecule has 2 aromatic carbocycles. The van der Waals surface area contributed by atoms with E-state index in [1.165, 1.54) is 19.3 Å². The van der Waals surface area contributed by atoms with Gasteiger partial charge in [-0.1, -0.05) is 23.7 Å². The molecule has 0 unspecified atom stereocenters. The minimum atomic E-state index is -4.51. The molecule has 0 aliphatic carbocycles. The van der Waals surface area contributed by atoms with Gasteiger partial charge in [0.25, 0.3) is 0 Å². The quantitative estimate of drug-likeness (QED) is 0.782. The summed E-state index contributed by atoms with van der Waals surface area (Å²) < 4.78 is 43.1. The summed E-state index contributed by atoms with van der Waals surface area (Å²) in [6.07, 6.45) is -1.80. The molecule has 0 heterocycles. The number of ether oxygens (including phenoxy) is 1. The number of hydrogen-bond donors (Lipinski definition) is 1. The molecule has 0 bridgehead atoms. The third-order valence-electron chi connectivity index (χ3n) is 3.07. The molecule has 2 aromatic rings. The molecule has 1 amide bonds. The van der Waals surface area contributed by atoms with E-state index in [9.17, 15) is 18.0 Å². The van der Waals surface area contributed by atoms with Gasteiger partial charge in [-0.05, 0) is 42.0 Å². The van der Waals surface area contributed by atoms with Gasteiger partial charge in [-0.3, -0.25) is 4.79 Å². The van der Waals surface area contributed by atoms with Crippen LogP contribution >= 0.6 is 11.6 Å². The molecule has 0 spiro atoms. The van der Waals surface area contributed by atoms with Crippen molar-refractivity contribution in [3.8, 4) is 5.75 Å². The zero-order valence-electron chi connectivity index (χ0n) is 12.5. The number of rotatable bonds is 4. The Bertz CT molecular complexity index is 773. The Morgan fingerprint density at radius 1 is 1.21 bits per heavy atom. The first-order valence-electron chi connectivity index (χ1n) is 6.79. The van der Waals surface area contributed by atoms with Crippen LogP contribution in [0.4, 0.5) is 18.9 Å². The summed E-state index contributed by atoms with van der Waals surface area (Å²) in [5.41, 5.74) is -0.287. The zero-order valence-corrected chi connectivity index (χ0v) is 13.3. The highest BCUT2D eigenvalue weighted by atomic mass is 35.5. The Morgan fingerprint density at radius 2 is 1.96 bits per heavy atom. The first-order chi connectivity index (χ1) is 11.3. The van der Waals surface area contributed by atoms with Crippen molar-refractivity contribution in [1.29, 1.82) is 0 Å². The van der Waals surface area contributed by atoms with Crippen LogP contribution in [-0.4, -0.2) is 13.0 Å². The number of nitrogens with one attached hydrogen (secondary N) is 1. The smallest absolute Gasteiger partial charge is 0.416 e. The Labute approximate surface area is 141 Å². The first-order valence-corrected chi connectivity index (χ1v) is 7.17. The largest absolute Gasteiger partial charge is 0.497 e. The van der Waals surface area contributed by atoms with Gasteiger partial charge in [-0.15, -0.1) is 0 Å². The van der Waals surface area contributed by atoms with Gasteiger partial charge in [-0.2, -0.15) is 13.2 Å². The predicted octanol–water partition coefficient (Wildman–Crippen LogP) is 5.02. The van der Waals surface area contributed by atoms with Crippen LogP contribution in [0, 0.1) is 0 Å². The molecule has 126 valence electrons. The minimum absolute atomic E-state index is 0.0196. The maximum Gasteiger partial charge on any atom is 0.416 e. The van der Waals surface area contributed by atoms with E-state index in [1.807, 2.05) is 0 Å². The van der Waals surface area contributed by atoms with E-state index < -0.39 is 17.6 Å². The topological polar surface area (TPSA) is 38.3 Å². The summed E-state index contributed by atoms with van der Waals surface area (Å²) in [4.78, 5) is 11.9. The van der Waals surface area contributed by atoms with Crippen LogP contribution in [0.1, 0.15) is 11.1 Å². The fraction of sp³-hybridized carbons (Fsp3) is 0.118. The molecule has 0 saturated heterocycles. The zero-order chi connectivity index (χ0) is 17.7. The Morgan fingerprint density at radius 3 is 2.62 bits per heavy atom. The predicted molar refractivity (Wildman–Crippen MR) is 87.1 cm³/mol. The van der Waals surface area contributed by atoms with Crippen molar-refractivity contribution < 1.29 is 22.7 Å². The lowest BCUT2D eigenvalue weighted by Gasteiger charge is -2.10. The highest BCUT2D eigenvalue weighted by Crippen LogP contribution is 2.33. The third-order valence-corrected chi connectivity index (χ3v) is 3.40. The fourth-order valence-electron chi connectivity index (χ4n) is 1.89. The number of methoxy groups -OCH3 is 1. The average molecular weight is 356 g/mol. The second-order valence-electron chi connectivity index (χ2n) is 4.79. The van der Waals surface area contributed by atoms with Crippen LogP contribution in [0.3, 0.4) is 0 Å². The van der Waals surface area contributed by atoms with E-state index in [4.69, 9.17) is 16.3 Å². The Hall–Kier alpha value is -2.47. The second-order valence-corrected chi connectivity index (χ2v) is 5.20. The molecular formula is C17H13ClF3NO2. The molecule has 0 saturated carbocycles. The number of alkyl halides is 3. The summed E-state index contributed by atoms with van der Waals surface area (Å²) in [7, 11) is 1.52. The normalized spacial score (nSPS) is 11.5. The van der Waals surface area contributed by atoms with E-state index in [0.717, 1.165) is 18.2 Å². The Balaban J connectivity index is 2.13. The van der Waals surface area contributed by atoms with Crippen molar-refractivity contribution in [3.63, 3.8) is 0 Å². The Kier molecular flexibility index (Phi) is 5.51. The molecule has 0 aromatic heterocycles. The molecule has 2 rings (SSSR count). The van der Waals surface area contributed by atoms with Gasteiger partial charge >= 0.3 is 6.18 Å². The molecule has 0 fully saturated rings. The van der Waals surface area contributed by atoms with Crippen molar-refractivity contribution in [3.05, 3.63) is 64.7 Å². The molecule has 0 atom stereocenters.